The summed E-state index contributed by atoms with van der Waals surface area (Å²) < 4.78 is 0. The number of nitrogens with zero attached hydrogens (tertiary/aromatic N) is 1. The summed E-state index contributed by atoms with van der Waals surface area (Å²) in [6.45, 7) is 2.00. The number of rotatable bonds is 1. The van der Waals surface area contributed by atoms with Crippen LogP contribution in [0.1, 0.15) is 32.1 Å². The molecule has 0 aromatic carbocycles. The summed E-state index contributed by atoms with van der Waals surface area (Å²) in [5.41, 5.74) is 0. The predicted molar refractivity (Wildman–Crippen MR) is 57.7 cm³/mol. The molecule has 3 heteroatoms. The molecule has 1 saturated heterocycles. The van der Waals surface area contributed by atoms with Gasteiger partial charge < -0.3 is 0 Å². The molecule has 2 unspecified atom stereocenters. The molecule has 0 N–H and O–H groups in total. The SMILES string of the molecule is ClC1CN(C2CCCCC2)CC1Cl. The van der Waals surface area contributed by atoms with Crippen LogP contribution in [-0.4, -0.2) is 34.8 Å². The summed E-state index contributed by atoms with van der Waals surface area (Å²) >= 11 is 12.2. The van der Waals surface area contributed by atoms with Crippen molar-refractivity contribution >= 4 is 23.2 Å². The largest absolute Gasteiger partial charge is 0.297 e. The van der Waals surface area contributed by atoms with Crippen molar-refractivity contribution < 1.29 is 0 Å². The highest BCUT2D eigenvalue weighted by Gasteiger charge is 2.33. The second-order valence-corrected chi connectivity index (χ2v) is 5.40. The Morgan fingerprint density at radius 2 is 1.38 bits per heavy atom. The highest BCUT2D eigenvalue weighted by Crippen LogP contribution is 2.29. The van der Waals surface area contributed by atoms with Gasteiger partial charge in [0.25, 0.3) is 0 Å². The van der Waals surface area contributed by atoms with Gasteiger partial charge in [0.1, 0.15) is 0 Å². The fraction of sp³-hybridized carbons (Fsp3) is 1.00. The number of hydrogen-bond acceptors (Lipinski definition) is 1. The van der Waals surface area contributed by atoms with Gasteiger partial charge in [-0.25, -0.2) is 0 Å². The van der Waals surface area contributed by atoms with E-state index < -0.39 is 0 Å². The number of halogens is 2. The van der Waals surface area contributed by atoms with Crippen molar-refractivity contribution in [1.82, 2.24) is 4.90 Å². The molecule has 13 heavy (non-hydrogen) atoms. The molecule has 1 aliphatic heterocycles. The first kappa shape index (κ1) is 10.1. The third kappa shape index (κ3) is 2.31. The van der Waals surface area contributed by atoms with Gasteiger partial charge in [-0.15, -0.1) is 23.2 Å². The summed E-state index contributed by atoms with van der Waals surface area (Å²) in [5.74, 6) is 0. The lowest BCUT2D eigenvalue weighted by Crippen LogP contribution is -2.35. The van der Waals surface area contributed by atoms with E-state index >= 15 is 0 Å². The minimum Gasteiger partial charge on any atom is -0.297 e. The fourth-order valence-corrected chi connectivity index (χ4v) is 3.01. The van der Waals surface area contributed by atoms with Gasteiger partial charge in [0, 0.05) is 19.1 Å². The summed E-state index contributed by atoms with van der Waals surface area (Å²) in [4.78, 5) is 2.49. The monoisotopic (exact) mass is 221 g/mol. The van der Waals surface area contributed by atoms with E-state index in [0.717, 1.165) is 19.1 Å². The number of alkyl halides is 2. The highest BCUT2D eigenvalue weighted by atomic mass is 35.5. The summed E-state index contributed by atoms with van der Waals surface area (Å²) in [6, 6.07) is 0.777. The molecule has 2 aliphatic rings. The normalized spacial score (nSPS) is 38.3. The first-order valence-corrected chi connectivity index (χ1v) is 6.17. The van der Waals surface area contributed by atoms with E-state index in [-0.39, 0.29) is 10.8 Å². The van der Waals surface area contributed by atoms with Crippen molar-refractivity contribution in [2.24, 2.45) is 0 Å². The summed E-state index contributed by atoms with van der Waals surface area (Å²) in [5, 5.41) is 0.340. The number of hydrogen-bond donors (Lipinski definition) is 0. The molecule has 1 saturated carbocycles. The molecule has 76 valence electrons. The van der Waals surface area contributed by atoms with Crippen LogP contribution in [0.15, 0.2) is 0 Å². The molecule has 1 heterocycles. The molecule has 2 atom stereocenters. The van der Waals surface area contributed by atoms with E-state index in [0.29, 0.717) is 0 Å². The Morgan fingerprint density at radius 1 is 0.846 bits per heavy atom. The quantitative estimate of drug-likeness (QED) is 0.616. The Hall–Kier alpha value is 0.540. The predicted octanol–water partition coefficient (Wildman–Crippen LogP) is 2.85. The lowest BCUT2D eigenvalue weighted by Gasteiger charge is -2.30. The van der Waals surface area contributed by atoms with Gasteiger partial charge >= 0.3 is 0 Å². The van der Waals surface area contributed by atoms with Gasteiger partial charge in [-0.3, -0.25) is 4.90 Å². The van der Waals surface area contributed by atoms with Crippen molar-refractivity contribution in [2.45, 2.75) is 48.9 Å². The van der Waals surface area contributed by atoms with Crippen LogP contribution < -0.4 is 0 Å². The fourth-order valence-electron chi connectivity index (χ4n) is 2.50. The minimum absolute atomic E-state index is 0.170. The lowest BCUT2D eigenvalue weighted by atomic mass is 9.94. The molecule has 0 aromatic rings. The third-order valence-corrected chi connectivity index (χ3v) is 4.31. The van der Waals surface area contributed by atoms with E-state index in [4.69, 9.17) is 23.2 Å². The lowest BCUT2D eigenvalue weighted by molar-refractivity contribution is 0.192. The maximum atomic E-state index is 6.10. The zero-order valence-corrected chi connectivity index (χ0v) is 9.40. The molecular formula is C10H17Cl2N. The van der Waals surface area contributed by atoms with E-state index in [1.807, 2.05) is 0 Å². The Labute approximate surface area is 90.4 Å². The first-order valence-electron chi connectivity index (χ1n) is 5.29. The molecule has 2 fully saturated rings. The van der Waals surface area contributed by atoms with Gasteiger partial charge in [0.15, 0.2) is 0 Å². The standard InChI is InChI=1S/C10H17Cl2N/c11-9-6-13(7-10(9)12)8-4-2-1-3-5-8/h8-10H,1-7H2. The molecule has 0 bridgehead atoms. The third-order valence-electron chi connectivity index (χ3n) is 3.30. The average molecular weight is 222 g/mol. The minimum atomic E-state index is 0.170. The zero-order valence-electron chi connectivity index (χ0n) is 7.88. The van der Waals surface area contributed by atoms with Crippen molar-refractivity contribution in [3.8, 4) is 0 Å². The van der Waals surface area contributed by atoms with Crippen molar-refractivity contribution in [3.63, 3.8) is 0 Å². The molecule has 1 nitrogen and oxygen atoms in total. The van der Waals surface area contributed by atoms with Crippen molar-refractivity contribution in [1.29, 1.82) is 0 Å². The molecule has 0 aromatic heterocycles. The van der Waals surface area contributed by atoms with Crippen LogP contribution in [0.3, 0.4) is 0 Å². The first-order chi connectivity index (χ1) is 6.27. The van der Waals surface area contributed by atoms with Crippen LogP contribution in [0.4, 0.5) is 0 Å². The van der Waals surface area contributed by atoms with E-state index in [2.05, 4.69) is 4.90 Å². The molecule has 0 amide bonds. The number of likely N-dealkylation sites (tertiary alicyclic amines) is 1. The van der Waals surface area contributed by atoms with Gasteiger partial charge in [-0.1, -0.05) is 19.3 Å². The van der Waals surface area contributed by atoms with E-state index in [1.165, 1.54) is 32.1 Å². The van der Waals surface area contributed by atoms with Gasteiger partial charge in [-0.05, 0) is 12.8 Å². The second-order valence-electron chi connectivity index (χ2n) is 4.28. The Balaban J connectivity index is 1.87. The maximum absolute atomic E-state index is 6.10. The van der Waals surface area contributed by atoms with Crippen LogP contribution in [0.2, 0.25) is 0 Å². The van der Waals surface area contributed by atoms with Crippen molar-refractivity contribution in [3.05, 3.63) is 0 Å². The van der Waals surface area contributed by atoms with Crippen LogP contribution in [-0.2, 0) is 0 Å². The van der Waals surface area contributed by atoms with Gasteiger partial charge in [0.2, 0.25) is 0 Å². The molecular weight excluding hydrogens is 205 g/mol. The maximum Gasteiger partial charge on any atom is 0.0639 e. The van der Waals surface area contributed by atoms with Gasteiger partial charge in [0.05, 0.1) is 10.8 Å². The van der Waals surface area contributed by atoms with Crippen LogP contribution in [0.25, 0.3) is 0 Å². The Kier molecular flexibility index (Phi) is 3.39. The van der Waals surface area contributed by atoms with Crippen LogP contribution in [0.5, 0.6) is 0 Å². The topological polar surface area (TPSA) is 3.24 Å². The molecule has 0 spiro atoms. The van der Waals surface area contributed by atoms with Gasteiger partial charge in [-0.2, -0.15) is 0 Å². The summed E-state index contributed by atoms with van der Waals surface area (Å²) in [6.07, 6.45) is 6.90. The average Bonchev–Trinajstić information content (AvgIpc) is 2.49. The second kappa shape index (κ2) is 4.37. The Bertz CT molecular complexity index is 158. The molecule has 1 aliphatic carbocycles. The summed E-state index contributed by atoms with van der Waals surface area (Å²) in [7, 11) is 0. The smallest absolute Gasteiger partial charge is 0.0639 e. The Morgan fingerprint density at radius 3 is 1.92 bits per heavy atom. The van der Waals surface area contributed by atoms with Crippen LogP contribution >= 0.6 is 23.2 Å². The zero-order chi connectivity index (χ0) is 9.26. The molecule has 2 rings (SSSR count). The highest BCUT2D eigenvalue weighted by molar-refractivity contribution is 6.30. The van der Waals surface area contributed by atoms with Crippen LogP contribution in [0, 0.1) is 0 Å². The van der Waals surface area contributed by atoms with E-state index in [9.17, 15) is 0 Å². The van der Waals surface area contributed by atoms with Crippen molar-refractivity contribution in [2.75, 3.05) is 13.1 Å². The van der Waals surface area contributed by atoms with E-state index in [1.54, 1.807) is 0 Å². The molecule has 0 radical (unpaired) electrons.